The molecule has 3 aliphatic heterocycles. The fourth-order valence-electron chi connectivity index (χ4n) is 5.32. The molecule has 1 atom stereocenters. The average Bonchev–Trinajstić information content (AvgIpc) is 3.04. The first kappa shape index (κ1) is 20.4. The van der Waals surface area contributed by atoms with Gasteiger partial charge in [0, 0.05) is 57.2 Å². The lowest BCUT2D eigenvalue weighted by molar-refractivity contribution is -0.183. The smallest absolute Gasteiger partial charge is 0.251 e. The minimum absolute atomic E-state index is 0.0514. The number of piperazine rings is 1. The van der Waals surface area contributed by atoms with Crippen LogP contribution >= 0.6 is 11.6 Å². The Labute approximate surface area is 173 Å². The third kappa shape index (κ3) is 3.55. The van der Waals surface area contributed by atoms with E-state index in [-0.39, 0.29) is 29.8 Å². The van der Waals surface area contributed by atoms with Crippen LogP contribution in [0.2, 0.25) is 0 Å². The summed E-state index contributed by atoms with van der Waals surface area (Å²) in [6, 6.07) is 0.456. The fraction of sp³-hybridized carbons (Fsp3) is 0.900. The van der Waals surface area contributed by atoms with Gasteiger partial charge in [0.25, 0.3) is 5.91 Å². The summed E-state index contributed by atoms with van der Waals surface area (Å²) in [5, 5.41) is 2.37. The van der Waals surface area contributed by atoms with Crippen molar-refractivity contribution in [3.8, 4) is 0 Å². The molecule has 7 nitrogen and oxygen atoms in total. The third-order valence-electron chi connectivity index (χ3n) is 7.15. The number of hydrogen-bond donors (Lipinski definition) is 1. The van der Waals surface area contributed by atoms with Crippen molar-refractivity contribution in [2.24, 2.45) is 5.92 Å². The van der Waals surface area contributed by atoms with E-state index in [0.717, 1.165) is 38.8 Å². The Hall–Kier alpha value is -0.890. The molecule has 0 aromatic rings. The van der Waals surface area contributed by atoms with Crippen molar-refractivity contribution in [1.82, 2.24) is 25.1 Å². The molecular weight excluding hydrogens is 378 g/mol. The lowest BCUT2D eigenvalue weighted by atomic mass is 9.80. The molecule has 1 saturated carbocycles. The molecule has 8 heteroatoms. The minimum atomic E-state index is -0.668. The van der Waals surface area contributed by atoms with E-state index in [1.165, 1.54) is 0 Å². The second kappa shape index (κ2) is 7.74. The average molecular weight is 412 g/mol. The molecule has 1 spiro atoms. The standard InChI is InChI=1S/C20H34ClN5O2/c1-14(2)25-11-18(27)26(9-15-4-6-16(21)7-5-15)20(19(25)28)12-24(13-20)17-8-22-23(3)10-17/h14-17,22H,4-13H2,1-3H3. The number of amides is 2. The molecule has 3 saturated heterocycles. The summed E-state index contributed by atoms with van der Waals surface area (Å²) in [4.78, 5) is 32.8. The van der Waals surface area contributed by atoms with E-state index in [1.807, 2.05) is 25.8 Å². The van der Waals surface area contributed by atoms with Crippen molar-refractivity contribution in [3.63, 3.8) is 0 Å². The second-order valence-electron chi connectivity index (χ2n) is 9.48. The summed E-state index contributed by atoms with van der Waals surface area (Å²) in [7, 11) is 2.05. The molecular formula is C20H34ClN5O2. The monoisotopic (exact) mass is 411 g/mol. The van der Waals surface area contributed by atoms with Crippen LogP contribution in [0.4, 0.5) is 0 Å². The van der Waals surface area contributed by atoms with Crippen molar-refractivity contribution >= 4 is 23.4 Å². The highest BCUT2D eigenvalue weighted by molar-refractivity contribution is 6.20. The zero-order valence-corrected chi connectivity index (χ0v) is 18.1. The van der Waals surface area contributed by atoms with Crippen molar-refractivity contribution in [1.29, 1.82) is 0 Å². The van der Waals surface area contributed by atoms with Crippen LogP contribution in [0.5, 0.6) is 0 Å². The van der Waals surface area contributed by atoms with E-state index in [2.05, 4.69) is 15.3 Å². The van der Waals surface area contributed by atoms with Crippen LogP contribution in [-0.2, 0) is 9.59 Å². The first-order valence-corrected chi connectivity index (χ1v) is 11.2. The number of hydrogen-bond acceptors (Lipinski definition) is 5. The first-order chi connectivity index (χ1) is 13.3. The normalized spacial score (nSPS) is 34.5. The SMILES string of the molecule is CC(C)N1CC(=O)N(CC2CCC(Cl)CC2)C2(CN(C3CNN(C)C3)C2)C1=O. The number of halogens is 1. The van der Waals surface area contributed by atoms with Gasteiger partial charge in [-0.2, -0.15) is 0 Å². The number of likely N-dealkylation sites (N-methyl/N-ethyl adjacent to an activating group) is 1. The predicted molar refractivity (Wildman–Crippen MR) is 109 cm³/mol. The van der Waals surface area contributed by atoms with Gasteiger partial charge in [-0.15, -0.1) is 11.6 Å². The van der Waals surface area contributed by atoms with Gasteiger partial charge in [-0.25, -0.2) is 5.01 Å². The predicted octanol–water partition coefficient (Wildman–Crippen LogP) is 0.736. The zero-order chi connectivity index (χ0) is 20.1. The van der Waals surface area contributed by atoms with Crippen LogP contribution in [0.3, 0.4) is 0 Å². The molecule has 0 aromatic carbocycles. The van der Waals surface area contributed by atoms with E-state index in [9.17, 15) is 9.59 Å². The maximum atomic E-state index is 13.5. The van der Waals surface area contributed by atoms with Gasteiger partial charge in [0.1, 0.15) is 12.1 Å². The molecule has 158 valence electrons. The van der Waals surface area contributed by atoms with E-state index in [4.69, 9.17) is 11.6 Å². The summed E-state index contributed by atoms with van der Waals surface area (Å²) in [5.74, 6) is 0.717. The van der Waals surface area contributed by atoms with Gasteiger partial charge in [0.05, 0.1) is 0 Å². The maximum Gasteiger partial charge on any atom is 0.251 e. The molecule has 0 bridgehead atoms. The van der Waals surface area contributed by atoms with Crippen molar-refractivity contribution in [3.05, 3.63) is 0 Å². The third-order valence-corrected chi connectivity index (χ3v) is 7.59. The van der Waals surface area contributed by atoms with E-state index in [0.29, 0.717) is 31.6 Å². The Bertz CT molecular complexity index is 616. The largest absolute Gasteiger partial charge is 0.329 e. The van der Waals surface area contributed by atoms with Crippen molar-refractivity contribution < 1.29 is 9.59 Å². The number of nitrogens with one attached hydrogen (secondary N) is 1. The molecule has 28 heavy (non-hydrogen) atoms. The zero-order valence-electron chi connectivity index (χ0n) is 17.4. The highest BCUT2D eigenvalue weighted by atomic mass is 35.5. The molecule has 0 aromatic heterocycles. The van der Waals surface area contributed by atoms with E-state index >= 15 is 0 Å². The molecule has 4 aliphatic rings. The highest BCUT2D eigenvalue weighted by Crippen LogP contribution is 2.38. The van der Waals surface area contributed by atoms with Crippen LogP contribution in [-0.4, -0.2) is 101 Å². The number of rotatable bonds is 4. The van der Waals surface area contributed by atoms with Gasteiger partial charge in [-0.3, -0.25) is 19.9 Å². The molecule has 1 aliphatic carbocycles. The molecule has 4 fully saturated rings. The minimum Gasteiger partial charge on any atom is -0.329 e. The van der Waals surface area contributed by atoms with Crippen LogP contribution in [0.15, 0.2) is 0 Å². The summed E-state index contributed by atoms with van der Waals surface area (Å²) in [5.41, 5.74) is 2.67. The van der Waals surface area contributed by atoms with Crippen molar-refractivity contribution in [2.45, 2.75) is 62.5 Å². The van der Waals surface area contributed by atoms with E-state index in [1.54, 1.807) is 4.90 Å². The van der Waals surface area contributed by atoms with Crippen LogP contribution < -0.4 is 5.43 Å². The van der Waals surface area contributed by atoms with Gasteiger partial charge >= 0.3 is 0 Å². The Balaban J connectivity index is 1.51. The molecule has 1 N–H and O–H groups in total. The Morgan fingerprint density at radius 3 is 2.43 bits per heavy atom. The molecule has 3 heterocycles. The number of alkyl halides is 1. The second-order valence-corrected chi connectivity index (χ2v) is 10.1. The molecule has 1 unspecified atom stereocenters. The topological polar surface area (TPSA) is 59.1 Å². The molecule has 2 amide bonds. The Morgan fingerprint density at radius 1 is 1.18 bits per heavy atom. The lowest BCUT2D eigenvalue weighted by Crippen LogP contribution is -2.82. The fourth-order valence-corrected chi connectivity index (χ4v) is 5.57. The lowest BCUT2D eigenvalue weighted by Gasteiger charge is -2.60. The van der Waals surface area contributed by atoms with Gasteiger partial charge in [-0.1, -0.05) is 0 Å². The maximum absolute atomic E-state index is 13.5. The number of hydrazine groups is 1. The van der Waals surface area contributed by atoms with Gasteiger partial charge in [0.15, 0.2) is 0 Å². The summed E-state index contributed by atoms with van der Waals surface area (Å²) >= 11 is 6.27. The van der Waals surface area contributed by atoms with Crippen LogP contribution in [0, 0.1) is 5.92 Å². The van der Waals surface area contributed by atoms with Gasteiger partial charge in [0.2, 0.25) is 5.91 Å². The van der Waals surface area contributed by atoms with E-state index < -0.39 is 5.54 Å². The summed E-state index contributed by atoms with van der Waals surface area (Å²) in [6.07, 6.45) is 4.13. The van der Waals surface area contributed by atoms with Gasteiger partial charge < -0.3 is 9.80 Å². The number of carbonyl (C=O) groups is 2. The Kier molecular flexibility index (Phi) is 5.64. The molecule has 0 radical (unpaired) electrons. The molecule has 4 rings (SSSR count). The van der Waals surface area contributed by atoms with Crippen LogP contribution in [0.1, 0.15) is 39.5 Å². The Morgan fingerprint density at radius 2 is 1.86 bits per heavy atom. The first-order valence-electron chi connectivity index (χ1n) is 10.7. The highest BCUT2D eigenvalue weighted by Gasteiger charge is 2.61. The van der Waals surface area contributed by atoms with Crippen molar-refractivity contribution in [2.75, 3.05) is 46.3 Å². The number of nitrogens with zero attached hydrogens (tertiary/aromatic N) is 4. The number of carbonyl (C=O) groups excluding carboxylic acids is 2. The summed E-state index contributed by atoms with van der Waals surface area (Å²) < 4.78 is 0. The van der Waals surface area contributed by atoms with Gasteiger partial charge in [-0.05, 0) is 45.4 Å². The summed E-state index contributed by atoms with van der Waals surface area (Å²) in [6.45, 7) is 8.10. The quantitative estimate of drug-likeness (QED) is 0.691. The van der Waals surface area contributed by atoms with Crippen LogP contribution in [0.25, 0.3) is 0 Å². The number of likely N-dealkylation sites (tertiary alicyclic amines) is 1.